The second-order valence-electron chi connectivity index (χ2n) is 2.84. The van der Waals surface area contributed by atoms with Crippen molar-refractivity contribution in [2.45, 2.75) is 6.42 Å². The van der Waals surface area contributed by atoms with Crippen LogP contribution in [0.1, 0.15) is 26.5 Å². The molecule has 0 aliphatic carbocycles. The summed E-state index contributed by atoms with van der Waals surface area (Å²) in [6, 6.07) is 4.48. The summed E-state index contributed by atoms with van der Waals surface area (Å²) < 4.78 is 4.45. The van der Waals surface area contributed by atoms with Crippen molar-refractivity contribution in [3.63, 3.8) is 0 Å². The minimum absolute atomic E-state index is 0.0304. The minimum Gasteiger partial charge on any atom is -0.477 e. The van der Waals surface area contributed by atoms with E-state index in [0.717, 1.165) is 7.11 Å². The molecule has 1 N–H and O–H groups in total. The molecule has 1 aromatic rings. The first kappa shape index (κ1) is 11.7. The van der Waals surface area contributed by atoms with Gasteiger partial charge >= 0.3 is 11.9 Å². The SMILES string of the molecule is COC(=O)c1nc(C(=O)O)ccc1CC#N. The molecule has 0 atom stereocenters. The van der Waals surface area contributed by atoms with Crippen LogP contribution in [0.2, 0.25) is 0 Å². The number of carboxylic acids is 1. The number of esters is 1. The molecule has 0 saturated heterocycles. The summed E-state index contributed by atoms with van der Waals surface area (Å²) in [7, 11) is 1.16. The molecule has 0 bridgehead atoms. The zero-order chi connectivity index (χ0) is 12.1. The molecule has 0 aromatic carbocycles. The lowest BCUT2D eigenvalue weighted by Gasteiger charge is -2.04. The molecule has 1 rings (SSSR count). The second kappa shape index (κ2) is 4.89. The normalized spacial score (nSPS) is 9.25. The van der Waals surface area contributed by atoms with E-state index in [1.54, 1.807) is 0 Å². The Balaban J connectivity index is 3.27. The van der Waals surface area contributed by atoms with E-state index in [1.165, 1.54) is 12.1 Å². The summed E-state index contributed by atoms with van der Waals surface area (Å²) in [5.74, 6) is -2.00. The first-order valence-corrected chi connectivity index (χ1v) is 4.28. The molecule has 0 aliphatic rings. The van der Waals surface area contributed by atoms with Crippen LogP contribution in [-0.2, 0) is 11.2 Å². The summed E-state index contributed by atoms with van der Waals surface area (Å²) in [6.45, 7) is 0. The lowest BCUT2D eigenvalue weighted by Crippen LogP contribution is -2.12. The molecule has 0 amide bonds. The van der Waals surface area contributed by atoms with Crippen LogP contribution in [0.4, 0.5) is 0 Å². The third-order valence-corrected chi connectivity index (χ3v) is 1.85. The van der Waals surface area contributed by atoms with E-state index in [1.807, 2.05) is 6.07 Å². The monoisotopic (exact) mass is 220 g/mol. The van der Waals surface area contributed by atoms with Gasteiger partial charge in [0.25, 0.3) is 0 Å². The Labute approximate surface area is 91.1 Å². The molecule has 1 aromatic heterocycles. The van der Waals surface area contributed by atoms with E-state index >= 15 is 0 Å². The zero-order valence-electron chi connectivity index (χ0n) is 8.43. The van der Waals surface area contributed by atoms with Gasteiger partial charge in [0.1, 0.15) is 5.69 Å². The van der Waals surface area contributed by atoms with Crippen molar-refractivity contribution in [3.05, 3.63) is 29.1 Å². The fourth-order valence-corrected chi connectivity index (χ4v) is 1.11. The lowest BCUT2D eigenvalue weighted by atomic mass is 10.1. The predicted molar refractivity (Wildman–Crippen MR) is 51.9 cm³/mol. The van der Waals surface area contributed by atoms with Crippen molar-refractivity contribution in [1.82, 2.24) is 4.98 Å². The summed E-state index contributed by atoms with van der Waals surface area (Å²) in [4.78, 5) is 25.6. The van der Waals surface area contributed by atoms with Crippen molar-refractivity contribution in [3.8, 4) is 6.07 Å². The molecule has 0 aliphatic heterocycles. The van der Waals surface area contributed by atoms with E-state index in [0.29, 0.717) is 5.56 Å². The Morgan fingerprint density at radius 1 is 1.56 bits per heavy atom. The topological polar surface area (TPSA) is 100 Å². The van der Waals surface area contributed by atoms with Gasteiger partial charge in [0, 0.05) is 0 Å². The third-order valence-electron chi connectivity index (χ3n) is 1.85. The van der Waals surface area contributed by atoms with Gasteiger partial charge in [0.15, 0.2) is 5.69 Å². The summed E-state index contributed by atoms with van der Waals surface area (Å²) in [5.41, 5.74) is -0.0506. The number of carbonyl (C=O) groups excluding carboxylic acids is 1. The smallest absolute Gasteiger partial charge is 0.356 e. The van der Waals surface area contributed by atoms with Crippen LogP contribution < -0.4 is 0 Å². The Bertz CT molecular complexity index is 476. The van der Waals surface area contributed by atoms with Gasteiger partial charge in [0.2, 0.25) is 0 Å². The number of nitriles is 1. The number of nitrogens with zero attached hydrogens (tertiary/aromatic N) is 2. The van der Waals surface area contributed by atoms with Gasteiger partial charge in [-0.1, -0.05) is 6.07 Å². The highest BCUT2D eigenvalue weighted by Gasteiger charge is 2.16. The van der Waals surface area contributed by atoms with Crippen molar-refractivity contribution < 1.29 is 19.4 Å². The van der Waals surface area contributed by atoms with Gasteiger partial charge in [-0.3, -0.25) is 0 Å². The van der Waals surface area contributed by atoms with Gasteiger partial charge in [0.05, 0.1) is 19.6 Å². The van der Waals surface area contributed by atoms with Gasteiger partial charge in [-0.25, -0.2) is 14.6 Å². The van der Waals surface area contributed by atoms with Crippen molar-refractivity contribution in [2.75, 3.05) is 7.11 Å². The maximum atomic E-state index is 11.3. The largest absolute Gasteiger partial charge is 0.477 e. The van der Waals surface area contributed by atoms with Crippen LogP contribution in [-0.4, -0.2) is 29.1 Å². The van der Waals surface area contributed by atoms with Crippen LogP contribution in [0.5, 0.6) is 0 Å². The highest BCUT2D eigenvalue weighted by Crippen LogP contribution is 2.10. The highest BCUT2D eigenvalue weighted by molar-refractivity contribution is 5.92. The molecule has 0 fully saturated rings. The fourth-order valence-electron chi connectivity index (χ4n) is 1.11. The van der Waals surface area contributed by atoms with Gasteiger partial charge in [-0.05, 0) is 11.6 Å². The molecule has 6 heteroatoms. The van der Waals surface area contributed by atoms with Crippen LogP contribution in [0.25, 0.3) is 0 Å². The molecular weight excluding hydrogens is 212 g/mol. The minimum atomic E-state index is -1.24. The van der Waals surface area contributed by atoms with Crippen LogP contribution in [0.3, 0.4) is 0 Å². The van der Waals surface area contributed by atoms with Gasteiger partial charge in [-0.2, -0.15) is 5.26 Å². The fraction of sp³-hybridized carbons (Fsp3) is 0.200. The van der Waals surface area contributed by atoms with Gasteiger partial charge < -0.3 is 9.84 Å². The number of methoxy groups -OCH3 is 1. The van der Waals surface area contributed by atoms with E-state index in [2.05, 4.69) is 9.72 Å². The molecule has 1 heterocycles. The molecule has 6 nitrogen and oxygen atoms in total. The van der Waals surface area contributed by atoms with E-state index in [-0.39, 0.29) is 17.8 Å². The molecule has 0 radical (unpaired) electrons. The van der Waals surface area contributed by atoms with Crippen molar-refractivity contribution in [2.24, 2.45) is 0 Å². The third kappa shape index (κ3) is 2.33. The van der Waals surface area contributed by atoms with Crippen molar-refractivity contribution in [1.29, 1.82) is 5.26 Å². The first-order chi connectivity index (χ1) is 7.60. The number of pyridine rings is 1. The summed E-state index contributed by atoms with van der Waals surface area (Å²) >= 11 is 0. The number of ether oxygens (including phenoxy) is 1. The van der Waals surface area contributed by atoms with Crippen molar-refractivity contribution >= 4 is 11.9 Å². The maximum absolute atomic E-state index is 11.3. The maximum Gasteiger partial charge on any atom is 0.356 e. The number of carboxylic acid groups (broad SMARTS) is 1. The first-order valence-electron chi connectivity index (χ1n) is 4.28. The molecule has 82 valence electrons. The molecule has 0 unspecified atom stereocenters. The van der Waals surface area contributed by atoms with Crippen LogP contribution in [0, 0.1) is 11.3 Å². The zero-order valence-corrected chi connectivity index (χ0v) is 8.43. The van der Waals surface area contributed by atoms with E-state index < -0.39 is 11.9 Å². The molecule has 16 heavy (non-hydrogen) atoms. The molecule has 0 spiro atoms. The Hall–Kier alpha value is -2.42. The molecular formula is C10H8N2O4. The van der Waals surface area contributed by atoms with E-state index in [4.69, 9.17) is 10.4 Å². The van der Waals surface area contributed by atoms with Gasteiger partial charge in [-0.15, -0.1) is 0 Å². The summed E-state index contributed by atoms with van der Waals surface area (Å²) in [6.07, 6.45) is -0.0304. The van der Waals surface area contributed by atoms with E-state index in [9.17, 15) is 9.59 Å². The number of carbonyl (C=O) groups is 2. The number of aromatic nitrogens is 1. The van der Waals surface area contributed by atoms with Crippen LogP contribution in [0.15, 0.2) is 12.1 Å². The number of rotatable bonds is 3. The Kier molecular flexibility index (Phi) is 3.56. The predicted octanol–water partition coefficient (Wildman–Crippen LogP) is 0.632. The Morgan fingerprint density at radius 3 is 2.75 bits per heavy atom. The standard InChI is InChI=1S/C10H8N2O4/c1-16-10(15)8-6(4-5-11)2-3-7(12-8)9(13)14/h2-3H,4H2,1H3,(H,13,14). The average Bonchev–Trinajstić information content (AvgIpc) is 2.28. The Morgan fingerprint density at radius 2 is 2.25 bits per heavy atom. The molecule has 0 saturated carbocycles. The highest BCUT2D eigenvalue weighted by atomic mass is 16.5. The number of hydrogen-bond acceptors (Lipinski definition) is 5. The lowest BCUT2D eigenvalue weighted by molar-refractivity contribution is 0.0592. The summed E-state index contributed by atoms with van der Waals surface area (Å²) in [5, 5.41) is 17.2. The average molecular weight is 220 g/mol. The van der Waals surface area contributed by atoms with Crippen LogP contribution >= 0.6 is 0 Å². The quantitative estimate of drug-likeness (QED) is 0.750. The number of aromatic carboxylic acids is 1. The number of hydrogen-bond donors (Lipinski definition) is 1. The second-order valence-corrected chi connectivity index (χ2v) is 2.84.